The number of aryl methyl sites for hydroxylation is 3. The summed E-state index contributed by atoms with van der Waals surface area (Å²) in [4.78, 5) is 22.6. The van der Waals surface area contributed by atoms with Gasteiger partial charge in [0.25, 0.3) is 5.91 Å². The fourth-order valence-electron chi connectivity index (χ4n) is 4.22. The molecular weight excluding hydrogens is 362 g/mol. The zero-order valence-electron chi connectivity index (χ0n) is 17.9. The van der Waals surface area contributed by atoms with Crippen LogP contribution in [0.1, 0.15) is 34.3 Å². The van der Waals surface area contributed by atoms with E-state index in [1.807, 2.05) is 37.3 Å². The molecule has 0 radical (unpaired) electrons. The molecule has 3 aromatic rings. The Bertz CT molecular complexity index is 1070. The highest BCUT2D eigenvalue weighted by molar-refractivity contribution is 6.07. The first-order chi connectivity index (χ1) is 13.8. The number of pyridine rings is 1. The molecule has 1 aliphatic rings. The van der Waals surface area contributed by atoms with E-state index in [1.54, 1.807) is 10.9 Å². The number of amides is 1. The molecule has 0 N–H and O–H groups in total. The molecule has 0 spiro atoms. The lowest BCUT2D eigenvalue weighted by atomic mass is 9.99. The average Bonchev–Trinajstić information content (AvgIpc) is 3.32. The Hall–Kier alpha value is -2.73. The van der Waals surface area contributed by atoms with E-state index in [2.05, 4.69) is 37.0 Å². The van der Waals surface area contributed by atoms with Crippen molar-refractivity contribution in [1.82, 2.24) is 24.6 Å². The van der Waals surface area contributed by atoms with Crippen LogP contribution in [0.2, 0.25) is 0 Å². The first-order valence-electron chi connectivity index (χ1n) is 10.2. The predicted octanol–water partition coefficient (Wildman–Crippen LogP) is 3.42. The Labute approximate surface area is 172 Å². The standard InChI is InChI=1S/C23H29N5O/c1-15-8-9-19-20(23(29)27(4)14-18-7-6-10-26(18)3)11-21(25-22(19)16(15)2)17-12-24-28(5)13-17/h8-9,11-13,18H,6-7,10,14H2,1-5H3. The Kier molecular flexibility index (Phi) is 5.13. The molecule has 0 aliphatic carbocycles. The maximum Gasteiger partial charge on any atom is 0.254 e. The van der Waals surface area contributed by atoms with Crippen molar-refractivity contribution in [2.75, 3.05) is 27.2 Å². The highest BCUT2D eigenvalue weighted by Gasteiger charge is 2.26. The van der Waals surface area contributed by atoms with E-state index in [0.29, 0.717) is 11.6 Å². The van der Waals surface area contributed by atoms with Crippen molar-refractivity contribution in [3.05, 3.63) is 47.3 Å². The van der Waals surface area contributed by atoms with Crippen LogP contribution in [0.5, 0.6) is 0 Å². The number of rotatable bonds is 4. The van der Waals surface area contributed by atoms with Crippen LogP contribution < -0.4 is 0 Å². The molecule has 1 aliphatic heterocycles. The molecule has 1 unspecified atom stereocenters. The van der Waals surface area contributed by atoms with Gasteiger partial charge in [-0.3, -0.25) is 9.48 Å². The van der Waals surface area contributed by atoms with Crippen molar-refractivity contribution in [3.63, 3.8) is 0 Å². The monoisotopic (exact) mass is 391 g/mol. The molecule has 29 heavy (non-hydrogen) atoms. The molecule has 1 saturated heterocycles. The summed E-state index contributed by atoms with van der Waals surface area (Å²) in [7, 11) is 5.94. The van der Waals surface area contributed by atoms with E-state index in [9.17, 15) is 4.79 Å². The molecule has 1 atom stereocenters. The molecule has 152 valence electrons. The third kappa shape index (κ3) is 3.65. The van der Waals surface area contributed by atoms with Crippen LogP contribution in [0, 0.1) is 13.8 Å². The van der Waals surface area contributed by atoms with E-state index in [-0.39, 0.29) is 5.91 Å². The zero-order valence-corrected chi connectivity index (χ0v) is 17.9. The lowest BCUT2D eigenvalue weighted by Gasteiger charge is -2.26. The Balaban J connectivity index is 1.79. The summed E-state index contributed by atoms with van der Waals surface area (Å²) in [6.07, 6.45) is 6.07. The molecule has 3 heterocycles. The Morgan fingerprint density at radius 1 is 1.28 bits per heavy atom. The van der Waals surface area contributed by atoms with Crippen molar-refractivity contribution in [3.8, 4) is 11.3 Å². The van der Waals surface area contributed by atoms with Crippen LogP contribution in [-0.2, 0) is 7.05 Å². The van der Waals surface area contributed by atoms with E-state index >= 15 is 0 Å². The van der Waals surface area contributed by atoms with E-state index < -0.39 is 0 Å². The van der Waals surface area contributed by atoms with Gasteiger partial charge in [0.05, 0.1) is 23.0 Å². The van der Waals surface area contributed by atoms with Crippen molar-refractivity contribution < 1.29 is 4.79 Å². The lowest BCUT2D eigenvalue weighted by Crippen LogP contribution is -2.39. The Morgan fingerprint density at radius 2 is 2.07 bits per heavy atom. The summed E-state index contributed by atoms with van der Waals surface area (Å²) >= 11 is 0. The van der Waals surface area contributed by atoms with Crippen molar-refractivity contribution in [1.29, 1.82) is 0 Å². The van der Waals surface area contributed by atoms with E-state index in [0.717, 1.165) is 47.2 Å². The molecular formula is C23H29N5O. The van der Waals surface area contributed by atoms with Gasteiger partial charge in [0, 0.05) is 43.8 Å². The zero-order chi connectivity index (χ0) is 20.7. The number of aromatic nitrogens is 3. The second kappa shape index (κ2) is 7.59. The summed E-state index contributed by atoms with van der Waals surface area (Å²) in [6, 6.07) is 6.45. The van der Waals surface area contributed by atoms with Gasteiger partial charge in [-0.15, -0.1) is 0 Å². The number of nitrogens with zero attached hydrogens (tertiary/aromatic N) is 5. The Morgan fingerprint density at radius 3 is 2.72 bits per heavy atom. The number of likely N-dealkylation sites (tertiary alicyclic amines) is 1. The molecule has 1 aromatic carbocycles. The second-order valence-electron chi connectivity index (χ2n) is 8.32. The number of benzene rings is 1. The molecule has 4 rings (SSSR count). The van der Waals surface area contributed by atoms with Crippen LogP contribution >= 0.6 is 0 Å². The second-order valence-corrected chi connectivity index (χ2v) is 8.32. The van der Waals surface area contributed by atoms with Crippen molar-refractivity contribution >= 4 is 16.8 Å². The highest BCUT2D eigenvalue weighted by atomic mass is 16.2. The molecule has 2 aromatic heterocycles. The van der Waals surface area contributed by atoms with Gasteiger partial charge in [0.2, 0.25) is 0 Å². The van der Waals surface area contributed by atoms with Gasteiger partial charge in [-0.1, -0.05) is 12.1 Å². The SMILES string of the molecule is Cc1ccc2c(C(=O)N(C)CC3CCCN3C)cc(-c3cnn(C)c3)nc2c1C. The van der Waals surface area contributed by atoms with Gasteiger partial charge in [-0.2, -0.15) is 5.10 Å². The summed E-state index contributed by atoms with van der Waals surface area (Å²) in [6.45, 7) is 6.00. The van der Waals surface area contributed by atoms with Crippen LogP contribution in [0.25, 0.3) is 22.2 Å². The van der Waals surface area contributed by atoms with Gasteiger partial charge >= 0.3 is 0 Å². The van der Waals surface area contributed by atoms with Crippen molar-refractivity contribution in [2.45, 2.75) is 32.7 Å². The van der Waals surface area contributed by atoms with E-state index in [1.165, 1.54) is 12.0 Å². The number of carbonyl (C=O) groups excluding carboxylic acids is 1. The summed E-state index contributed by atoms with van der Waals surface area (Å²) < 4.78 is 1.76. The summed E-state index contributed by atoms with van der Waals surface area (Å²) in [5.74, 6) is 0.0473. The topological polar surface area (TPSA) is 54.3 Å². The van der Waals surface area contributed by atoms with E-state index in [4.69, 9.17) is 4.98 Å². The molecule has 6 nitrogen and oxygen atoms in total. The fourth-order valence-corrected chi connectivity index (χ4v) is 4.22. The van der Waals surface area contributed by atoms with Crippen LogP contribution in [-0.4, -0.2) is 63.7 Å². The number of likely N-dealkylation sites (N-methyl/N-ethyl adjacent to an activating group) is 2. The highest BCUT2D eigenvalue weighted by Crippen LogP contribution is 2.29. The maximum atomic E-state index is 13.5. The first kappa shape index (κ1) is 19.6. The van der Waals surface area contributed by atoms with Crippen LogP contribution in [0.3, 0.4) is 0 Å². The first-order valence-corrected chi connectivity index (χ1v) is 10.2. The third-order valence-electron chi connectivity index (χ3n) is 6.24. The minimum Gasteiger partial charge on any atom is -0.340 e. The average molecular weight is 392 g/mol. The van der Waals surface area contributed by atoms with Gasteiger partial charge < -0.3 is 9.80 Å². The molecule has 0 bridgehead atoms. The van der Waals surface area contributed by atoms with Crippen molar-refractivity contribution in [2.24, 2.45) is 7.05 Å². The summed E-state index contributed by atoms with van der Waals surface area (Å²) in [5, 5.41) is 5.19. The quantitative estimate of drug-likeness (QED) is 0.684. The minimum absolute atomic E-state index is 0.0473. The predicted molar refractivity (Wildman–Crippen MR) is 116 cm³/mol. The lowest BCUT2D eigenvalue weighted by molar-refractivity contribution is 0.0763. The molecule has 0 saturated carbocycles. The van der Waals surface area contributed by atoms with Gasteiger partial charge in [-0.05, 0) is 57.5 Å². The minimum atomic E-state index is 0.0473. The molecule has 1 fully saturated rings. The summed E-state index contributed by atoms with van der Waals surface area (Å²) in [5.41, 5.74) is 5.59. The largest absolute Gasteiger partial charge is 0.340 e. The number of hydrogen-bond donors (Lipinski definition) is 0. The normalized spacial score (nSPS) is 17.2. The van der Waals surface area contributed by atoms with Gasteiger partial charge in [0.1, 0.15) is 0 Å². The third-order valence-corrected chi connectivity index (χ3v) is 6.24. The van der Waals surface area contributed by atoms with Crippen LogP contribution in [0.15, 0.2) is 30.6 Å². The van der Waals surface area contributed by atoms with Gasteiger partial charge in [-0.25, -0.2) is 4.98 Å². The maximum absolute atomic E-state index is 13.5. The van der Waals surface area contributed by atoms with Gasteiger partial charge in [0.15, 0.2) is 0 Å². The smallest absolute Gasteiger partial charge is 0.254 e. The van der Waals surface area contributed by atoms with Crippen LogP contribution in [0.4, 0.5) is 0 Å². The molecule has 1 amide bonds. The fraction of sp³-hybridized carbons (Fsp3) is 0.435. The molecule has 6 heteroatoms. The number of fused-ring (bicyclic) bond motifs is 1. The number of hydrogen-bond acceptors (Lipinski definition) is 4. The number of carbonyl (C=O) groups is 1.